The number of oxime groups is 1. The first kappa shape index (κ1) is 25.1. The Labute approximate surface area is 177 Å². The van der Waals surface area contributed by atoms with Crippen molar-refractivity contribution >= 4 is 45.1 Å². The van der Waals surface area contributed by atoms with Crippen molar-refractivity contribution < 1.29 is 26.4 Å². The van der Waals surface area contributed by atoms with Crippen molar-refractivity contribution in [1.29, 1.82) is 0 Å². The molecule has 0 unspecified atom stereocenters. The Morgan fingerprint density at radius 2 is 1.76 bits per heavy atom. The lowest BCUT2D eigenvalue weighted by atomic mass is 10.1. The van der Waals surface area contributed by atoms with E-state index in [1.165, 1.54) is 22.9 Å². The predicted molar refractivity (Wildman–Crippen MR) is 110 cm³/mol. The van der Waals surface area contributed by atoms with Gasteiger partial charge in [0.25, 0.3) is 0 Å². The maximum absolute atomic E-state index is 12.6. The lowest BCUT2D eigenvalue weighted by Crippen LogP contribution is -2.30. The highest BCUT2D eigenvalue weighted by molar-refractivity contribution is 7.93. The molecule has 0 aliphatic heterocycles. The Kier molecular flexibility index (Phi) is 9.25. The predicted octanol–water partition coefficient (Wildman–Crippen LogP) is 6.14. The van der Waals surface area contributed by atoms with E-state index < -0.39 is 15.5 Å². The number of halogens is 5. The highest BCUT2D eigenvalue weighted by atomic mass is 35.5. The summed E-state index contributed by atoms with van der Waals surface area (Å²) in [5, 5.41) is 4.38. The largest absolute Gasteiger partial charge is 0.516 e. The summed E-state index contributed by atoms with van der Waals surface area (Å²) in [5.41, 5.74) is -4.24. The zero-order chi connectivity index (χ0) is 22.2. The van der Waals surface area contributed by atoms with E-state index in [1.807, 2.05) is 13.8 Å². The number of hydrogen-bond donors (Lipinski definition) is 1. The number of nitrogens with zero attached hydrogens (tertiary/aromatic N) is 1. The molecule has 1 N–H and O–H groups in total. The van der Waals surface area contributed by atoms with Gasteiger partial charge in [-0.25, -0.2) is 0 Å². The molecule has 0 aliphatic rings. The summed E-state index contributed by atoms with van der Waals surface area (Å²) in [6, 6.07) is 8.95. The number of hydrogen-bond acceptors (Lipinski definition) is 4. The number of alkyl halides is 3. The van der Waals surface area contributed by atoms with E-state index in [4.69, 9.17) is 28.0 Å². The monoisotopic (exact) mass is 470 g/mol. The normalized spacial score (nSPS) is 11.7. The molecule has 0 saturated heterocycles. The fourth-order valence-electron chi connectivity index (χ4n) is 1.92. The fraction of sp³-hybridized carbons (Fsp3) is 0.278. The zero-order valence-corrected chi connectivity index (χ0v) is 18.0. The Bertz CT molecular complexity index is 965. The van der Waals surface area contributed by atoms with Crippen molar-refractivity contribution in [3.8, 4) is 0 Å². The van der Waals surface area contributed by atoms with Gasteiger partial charge in [0.1, 0.15) is 6.61 Å². The summed E-state index contributed by atoms with van der Waals surface area (Å²) in [7, 11) is -5.55. The van der Waals surface area contributed by atoms with Gasteiger partial charge in [-0.15, -0.1) is 0 Å². The molecule has 0 bridgehead atoms. The Hall–Kier alpha value is -1.97. The van der Waals surface area contributed by atoms with Crippen molar-refractivity contribution in [1.82, 2.24) is 0 Å². The lowest BCUT2D eigenvalue weighted by Gasteiger charge is -2.12. The summed E-state index contributed by atoms with van der Waals surface area (Å²) in [4.78, 5) is 5.08. The summed E-state index contributed by atoms with van der Waals surface area (Å²) in [5.74, 6) is 0. The van der Waals surface area contributed by atoms with Crippen LogP contribution in [0.1, 0.15) is 30.5 Å². The molecule has 0 fully saturated rings. The molecule has 0 atom stereocenters. The molecule has 0 heterocycles. The minimum absolute atomic E-state index is 0.0306. The molecule has 11 heteroatoms. The van der Waals surface area contributed by atoms with E-state index >= 15 is 0 Å². The minimum atomic E-state index is -5.55. The van der Waals surface area contributed by atoms with Gasteiger partial charge in [-0.2, -0.15) is 21.6 Å². The first-order chi connectivity index (χ1) is 13.5. The van der Waals surface area contributed by atoms with E-state index in [-0.39, 0.29) is 17.9 Å². The summed E-state index contributed by atoms with van der Waals surface area (Å²) in [6.07, 6.45) is 1.11. The molecule has 5 nitrogen and oxygen atoms in total. The lowest BCUT2D eigenvalue weighted by molar-refractivity contribution is -0.0429. The fourth-order valence-corrected chi connectivity index (χ4v) is 2.83. The second kappa shape index (κ2) is 10.7. The topological polar surface area (TPSA) is 67.8 Å². The van der Waals surface area contributed by atoms with E-state index in [0.29, 0.717) is 21.2 Å². The van der Waals surface area contributed by atoms with Crippen LogP contribution in [0.15, 0.2) is 41.6 Å². The van der Waals surface area contributed by atoms with E-state index in [1.54, 1.807) is 25.1 Å². The van der Waals surface area contributed by atoms with Gasteiger partial charge in [0.15, 0.2) is 0 Å². The molecular weight excluding hydrogens is 452 g/mol. The molecule has 0 saturated carbocycles. The van der Waals surface area contributed by atoms with Crippen molar-refractivity contribution in [2.75, 3.05) is 4.72 Å². The quantitative estimate of drug-likeness (QED) is 0.407. The van der Waals surface area contributed by atoms with Crippen LogP contribution in [0.3, 0.4) is 0 Å². The first-order valence-electron chi connectivity index (χ1n) is 8.28. The highest BCUT2D eigenvalue weighted by Gasteiger charge is 2.46. The molecule has 0 aliphatic carbocycles. The summed E-state index contributed by atoms with van der Waals surface area (Å²) < 4.78 is 61.8. The van der Waals surface area contributed by atoms with Gasteiger partial charge in [0.2, 0.25) is 0 Å². The van der Waals surface area contributed by atoms with Crippen molar-refractivity contribution in [2.45, 2.75) is 32.9 Å². The van der Waals surface area contributed by atoms with Crippen LogP contribution < -0.4 is 4.72 Å². The van der Waals surface area contributed by atoms with Crippen LogP contribution >= 0.6 is 23.2 Å². The summed E-state index contributed by atoms with van der Waals surface area (Å²) in [6.45, 7) is 5.72. The average Bonchev–Trinajstić information content (AvgIpc) is 2.64. The second-order valence-corrected chi connectivity index (χ2v) is 7.89. The van der Waals surface area contributed by atoms with Gasteiger partial charge < -0.3 is 4.84 Å². The Morgan fingerprint density at radius 1 is 1.10 bits per heavy atom. The third kappa shape index (κ3) is 7.41. The van der Waals surface area contributed by atoms with Crippen LogP contribution in [0.5, 0.6) is 0 Å². The van der Waals surface area contributed by atoms with Crippen LogP contribution in [0.4, 0.5) is 18.9 Å². The van der Waals surface area contributed by atoms with Crippen LogP contribution in [0.2, 0.25) is 10.0 Å². The number of anilines is 1. The maximum atomic E-state index is 12.6. The summed E-state index contributed by atoms with van der Waals surface area (Å²) >= 11 is 11.7. The van der Waals surface area contributed by atoms with Gasteiger partial charge in [-0.05, 0) is 36.8 Å². The molecule has 0 spiro atoms. The highest BCUT2D eigenvalue weighted by Crippen LogP contribution is 2.27. The van der Waals surface area contributed by atoms with Crippen molar-refractivity contribution in [3.05, 3.63) is 63.1 Å². The maximum Gasteiger partial charge on any atom is 0.516 e. The Balaban J connectivity index is 0.00000204. The van der Waals surface area contributed by atoms with Crippen molar-refractivity contribution in [2.24, 2.45) is 5.16 Å². The van der Waals surface area contributed by atoms with Gasteiger partial charge in [0, 0.05) is 5.56 Å². The number of nitrogens with one attached hydrogen (secondary N) is 1. The smallest absolute Gasteiger partial charge is 0.391 e. The van der Waals surface area contributed by atoms with Gasteiger partial charge >= 0.3 is 15.5 Å². The molecule has 0 aromatic heterocycles. The standard InChI is InChI=1S/C16H13Cl2F3N2O3S.C2H6/c1-10-2-5-15(23-27(24,25)16(19,20)21)12(6-10)8-22-26-9-11-3-4-13(17)14(18)7-11;1-2/h2-8,23H,9H2,1H3;1-2H3/b22-8+;. The van der Waals surface area contributed by atoms with Crippen LogP contribution in [0.25, 0.3) is 0 Å². The van der Waals surface area contributed by atoms with E-state index in [9.17, 15) is 21.6 Å². The van der Waals surface area contributed by atoms with Gasteiger partial charge in [-0.1, -0.05) is 59.9 Å². The Morgan fingerprint density at radius 3 is 2.34 bits per heavy atom. The molecular formula is C18H19Cl2F3N2O3S. The first-order valence-corrected chi connectivity index (χ1v) is 10.5. The van der Waals surface area contributed by atoms with Crippen molar-refractivity contribution in [3.63, 3.8) is 0 Å². The number of rotatable bonds is 6. The number of benzene rings is 2. The minimum Gasteiger partial charge on any atom is -0.391 e. The van der Waals surface area contributed by atoms with Crippen LogP contribution in [-0.2, 0) is 21.5 Å². The second-order valence-electron chi connectivity index (χ2n) is 5.40. The molecule has 2 aromatic carbocycles. The average molecular weight is 471 g/mol. The molecule has 0 radical (unpaired) electrons. The molecule has 2 aromatic rings. The molecule has 29 heavy (non-hydrogen) atoms. The third-order valence-corrected chi connectivity index (χ3v) is 5.07. The van der Waals surface area contributed by atoms with E-state index in [0.717, 1.165) is 6.21 Å². The van der Waals surface area contributed by atoms with Crippen LogP contribution in [0, 0.1) is 6.92 Å². The van der Waals surface area contributed by atoms with E-state index in [2.05, 4.69) is 5.16 Å². The third-order valence-electron chi connectivity index (χ3n) is 3.24. The number of sulfonamides is 1. The van der Waals surface area contributed by atoms with Gasteiger partial charge in [0.05, 0.1) is 21.9 Å². The van der Waals surface area contributed by atoms with Gasteiger partial charge in [-0.3, -0.25) is 4.72 Å². The van der Waals surface area contributed by atoms with Crippen LogP contribution in [-0.4, -0.2) is 20.1 Å². The molecule has 0 amide bonds. The SMILES string of the molecule is CC.Cc1ccc(NS(=O)(=O)C(F)(F)F)c(/C=N/OCc2ccc(Cl)c(Cl)c2)c1. The zero-order valence-electron chi connectivity index (χ0n) is 15.7. The molecule has 2 rings (SSSR count). The number of aryl methyl sites for hydroxylation is 1. The molecule has 160 valence electrons.